The third kappa shape index (κ3) is 2.63. The van der Waals surface area contributed by atoms with Gasteiger partial charge in [0.1, 0.15) is 5.82 Å². The molecule has 1 N–H and O–H groups in total. The van der Waals surface area contributed by atoms with E-state index in [0.717, 1.165) is 11.8 Å². The highest BCUT2D eigenvalue weighted by atomic mass is 19.4. The number of benzene rings is 1. The van der Waals surface area contributed by atoms with Crippen molar-refractivity contribution in [3.63, 3.8) is 0 Å². The number of aromatic nitrogens is 2. The van der Waals surface area contributed by atoms with Crippen LogP contribution in [0.5, 0.6) is 0 Å². The summed E-state index contributed by atoms with van der Waals surface area (Å²) in [4.78, 5) is 3.64. The van der Waals surface area contributed by atoms with E-state index in [4.69, 9.17) is 5.11 Å². The third-order valence-electron chi connectivity index (χ3n) is 2.88. The van der Waals surface area contributed by atoms with Gasteiger partial charge in [-0.1, -0.05) is 18.2 Å². The molecular formula is C13H13F3N2O. The zero-order valence-corrected chi connectivity index (χ0v) is 10.5. The maximum atomic E-state index is 12.6. The number of nitrogens with zero attached hydrogens (tertiary/aromatic N) is 2. The van der Waals surface area contributed by atoms with Gasteiger partial charge in [0.15, 0.2) is 5.69 Å². The Hall–Kier alpha value is -1.82. The monoisotopic (exact) mass is 270 g/mol. The molecule has 0 radical (unpaired) electrons. The average molecular weight is 270 g/mol. The number of halogens is 3. The lowest BCUT2D eigenvalue weighted by Gasteiger charge is -2.07. The van der Waals surface area contributed by atoms with Gasteiger partial charge in [0.05, 0.1) is 6.61 Å². The molecule has 3 nitrogen and oxygen atoms in total. The lowest BCUT2D eigenvalue weighted by Crippen LogP contribution is -2.05. The maximum Gasteiger partial charge on any atom is 0.434 e. The molecule has 0 amide bonds. The van der Waals surface area contributed by atoms with Crippen molar-refractivity contribution in [2.75, 3.05) is 0 Å². The van der Waals surface area contributed by atoms with Crippen LogP contribution in [0.15, 0.2) is 24.4 Å². The second-order valence-electron chi connectivity index (χ2n) is 4.37. The molecule has 0 fully saturated rings. The number of aryl methyl sites for hydroxylation is 2. The van der Waals surface area contributed by atoms with Gasteiger partial charge in [0, 0.05) is 18.8 Å². The van der Waals surface area contributed by atoms with Gasteiger partial charge in [-0.15, -0.1) is 0 Å². The molecular weight excluding hydrogens is 257 g/mol. The fourth-order valence-electron chi connectivity index (χ4n) is 1.93. The van der Waals surface area contributed by atoms with E-state index in [9.17, 15) is 13.2 Å². The summed E-state index contributed by atoms with van der Waals surface area (Å²) in [5, 5.41) is 9.02. The number of rotatable bonds is 2. The summed E-state index contributed by atoms with van der Waals surface area (Å²) >= 11 is 0. The second-order valence-corrected chi connectivity index (χ2v) is 4.37. The van der Waals surface area contributed by atoms with Crippen molar-refractivity contribution in [3.05, 3.63) is 41.2 Å². The van der Waals surface area contributed by atoms with Crippen LogP contribution < -0.4 is 0 Å². The summed E-state index contributed by atoms with van der Waals surface area (Å²) in [6.07, 6.45) is -3.48. The quantitative estimate of drug-likeness (QED) is 0.911. The van der Waals surface area contributed by atoms with Crippen LogP contribution in [-0.2, 0) is 19.8 Å². The van der Waals surface area contributed by atoms with Crippen molar-refractivity contribution in [1.29, 1.82) is 0 Å². The molecule has 0 atom stereocenters. The summed E-state index contributed by atoms with van der Waals surface area (Å²) in [5.74, 6) is 0.259. The van der Waals surface area contributed by atoms with Gasteiger partial charge in [-0.25, -0.2) is 4.98 Å². The smallest absolute Gasteiger partial charge is 0.392 e. The van der Waals surface area contributed by atoms with Crippen LogP contribution in [0, 0.1) is 6.92 Å². The molecule has 102 valence electrons. The van der Waals surface area contributed by atoms with Gasteiger partial charge in [-0.05, 0) is 18.1 Å². The van der Waals surface area contributed by atoms with Crippen molar-refractivity contribution in [2.45, 2.75) is 19.7 Å². The van der Waals surface area contributed by atoms with E-state index in [2.05, 4.69) is 4.98 Å². The predicted octanol–water partition coefficient (Wildman–Crippen LogP) is 2.91. The molecule has 0 bridgehead atoms. The van der Waals surface area contributed by atoms with Gasteiger partial charge in [0.25, 0.3) is 0 Å². The summed E-state index contributed by atoms with van der Waals surface area (Å²) in [6.45, 7) is 1.67. The normalized spacial score (nSPS) is 11.9. The standard InChI is InChI=1S/C13H13F3N2O/c1-8-5-9(7-19)3-4-10(8)12-17-11(6-18(12)2)13(14,15)16/h3-6,19H,7H2,1-2H3. The van der Waals surface area contributed by atoms with Crippen molar-refractivity contribution >= 4 is 0 Å². The molecule has 19 heavy (non-hydrogen) atoms. The Morgan fingerprint density at radius 1 is 1.32 bits per heavy atom. The van der Waals surface area contributed by atoms with E-state index in [1.807, 2.05) is 0 Å². The van der Waals surface area contributed by atoms with Crippen molar-refractivity contribution < 1.29 is 18.3 Å². The molecule has 2 rings (SSSR count). The molecule has 0 aliphatic heterocycles. The van der Waals surface area contributed by atoms with E-state index in [1.165, 1.54) is 11.6 Å². The highest BCUT2D eigenvalue weighted by Gasteiger charge is 2.34. The molecule has 1 aromatic carbocycles. The van der Waals surface area contributed by atoms with E-state index in [0.29, 0.717) is 11.1 Å². The summed E-state index contributed by atoms with van der Waals surface area (Å²) in [5.41, 5.74) is 1.20. The van der Waals surface area contributed by atoms with Crippen molar-refractivity contribution in [1.82, 2.24) is 9.55 Å². The highest BCUT2D eigenvalue weighted by Crippen LogP contribution is 2.31. The molecule has 0 saturated heterocycles. The van der Waals surface area contributed by atoms with Gasteiger partial charge in [-0.3, -0.25) is 0 Å². The van der Waals surface area contributed by atoms with Crippen molar-refractivity contribution in [2.24, 2.45) is 7.05 Å². The van der Waals surface area contributed by atoms with Crippen LogP contribution in [0.1, 0.15) is 16.8 Å². The first-order valence-corrected chi connectivity index (χ1v) is 5.64. The minimum Gasteiger partial charge on any atom is -0.392 e. The Kier molecular flexibility index (Phi) is 3.36. The Bertz CT molecular complexity index is 602. The minimum absolute atomic E-state index is 0.102. The molecule has 2 aromatic rings. The maximum absolute atomic E-state index is 12.6. The predicted molar refractivity (Wildman–Crippen MR) is 64.3 cm³/mol. The van der Waals surface area contributed by atoms with Crippen LogP contribution in [0.3, 0.4) is 0 Å². The zero-order valence-electron chi connectivity index (χ0n) is 10.5. The minimum atomic E-state index is -4.45. The summed E-state index contributed by atoms with van der Waals surface area (Å²) < 4.78 is 39.2. The van der Waals surface area contributed by atoms with Crippen LogP contribution in [0.2, 0.25) is 0 Å². The van der Waals surface area contributed by atoms with E-state index >= 15 is 0 Å². The molecule has 1 aromatic heterocycles. The number of imidazole rings is 1. The fourth-order valence-corrected chi connectivity index (χ4v) is 1.93. The van der Waals surface area contributed by atoms with Gasteiger partial charge in [0.2, 0.25) is 0 Å². The molecule has 0 spiro atoms. The van der Waals surface area contributed by atoms with Crippen molar-refractivity contribution in [3.8, 4) is 11.4 Å². The molecule has 0 unspecified atom stereocenters. The Labute approximate surface area is 108 Å². The fraction of sp³-hybridized carbons (Fsp3) is 0.308. The van der Waals surface area contributed by atoms with Crippen LogP contribution in [0.4, 0.5) is 13.2 Å². The lowest BCUT2D eigenvalue weighted by atomic mass is 10.0. The first-order valence-electron chi connectivity index (χ1n) is 5.64. The molecule has 0 aliphatic rings. The van der Waals surface area contributed by atoms with Crippen LogP contribution >= 0.6 is 0 Å². The third-order valence-corrected chi connectivity index (χ3v) is 2.88. The summed E-state index contributed by atoms with van der Waals surface area (Å²) in [6, 6.07) is 5.07. The van der Waals surface area contributed by atoms with E-state index < -0.39 is 11.9 Å². The first-order chi connectivity index (χ1) is 8.82. The largest absolute Gasteiger partial charge is 0.434 e. The number of aliphatic hydroxyl groups is 1. The lowest BCUT2D eigenvalue weighted by molar-refractivity contribution is -0.140. The zero-order chi connectivity index (χ0) is 14.2. The van der Waals surface area contributed by atoms with E-state index in [-0.39, 0.29) is 12.4 Å². The summed E-state index contributed by atoms with van der Waals surface area (Å²) in [7, 11) is 1.52. The van der Waals surface area contributed by atoms with E-state index in [1.54, 1.807) is 25.1 Å². The molecule has 0 saturated carbocycles. The topological polar surface area (TPSA) is 38.1 Å². The van der Waals surface area contributed by atoms with Gasteiger partial charge >= 0.3 is 6.18 Å². The molecule has 1 heterocycles. The number of aliphatic hydroxyl groups excluding tert-OH is 1. The number of hydrogen-bond donors (Lipinski definition) is 1. The van der Waals surface area contributed by atoms with Crippen LogP contribution in [-0.4, -0.2) is 14.7 Å². The second kappa shape index (κ2) is 4.70. The number of hydrogen-bond acceptors (Lipinski definition) is 2. The Morgan fingerprint density at radius 3 is 2.47 bits per heavy atom. The van der Waals surface area contributed by atoms with Gasteiger partial charge in [-0.2, -0.15) is 13.2 Å². The number of alkyl halides is 3. The van der Waals surface area contributed by atoms with Crippen LogP contribution in [0.25, 0.3) is 11.4 Å². The Balaban J connectivity index is 2.51. The molecule has 0 aliphatic carbocycles. The molecule has 6 heteroatoms. The first kappa shape index (κ1) is 13.6. The Morgan fingerprint density at radius 2 is 2.00 bits per heavy atom. The average Bonchev–Trinajstić information content (AvgIpc) is 2.71. The highest BCUT2D eigenvalue weighted by molar-refractivity contribution is 5.61. The van der Waals surface area contributed by atoms with Gasteiger partial charge < -0.3 is 9.67 Å². The SMILES string of the molecule is Cc1cc(CO)ccc1-c1nc(C(F)(F)F)cn1C.